The van der Waals surface area contributed by atoms with Crippen molar-refractivity contribution in [3.05, 3.63) is 52.1 Å². The molecule has 0 saturated heterocycles. The van der Waals surface area contributed by atoms with Gasteiger partial charge in [0.2, 0.25) is 5.95 Å². The van der Waals surface area contributed by atoms with Crippen LogP contribution in [0.5, 0.6) is 0 Å². The quantitative estimate of drug-likeness (QED) is 0.279. The van der Waals surface area contributed by atoms with Gasteiger partial charge in [-0.15, -0.1) is 0 Å². The first kappa shape index (κ1) is 25.5. The Morgan fingerprint density at radius 3 is 2.53 bits per heavy atom. The Kier molecular flexibility index (Phi) is 7.22. The van der Waals surface area contributed by atoms with Crippen molar-refractivity contribution >= 4 is 36.6 Å². The SMILES string of the molecule is COC(=O)c1cn(COCC[Si](C)(C)C)c(Nc2ccc3c(=O)cc(C(F)(F)F)n(C)c3c2)n1. The van der Waals surface area contributed by atoms with E-state index < -0.39 is 31.3 Å². The van der Waals surface area contributed by atoms with Crippen molar-refractivity contribution in [2.75, 3.05) is 19.0 Å². The third-order valence-electron chi connectivity index (χ3n) is 5.20. The fourth-order valence-corrected chi connectivity index (χ4v) is 4.04. The normalized spacial score (nSPS) is 12.2. The van der Waals surface area contributed by atoms with Crippen molar-refractivity contribution < 1.29 is 27.4 Å². The molecule has 0 aliphatic heterocycles. The van der Waals surface area contributed by atoms with Gasteiger partial charge >= 0.3 is 12.1 Å². The summed E-state index contributed by atoms with van der Waals surface area (Å²) in [5.74, 6) is -0.399. The van der Waals surface area contributed by atoms with E-state index in [1.165, 1.54) is 32.5 Å². The van der Waals surface area contributed by atoms with Crippen molar-refractivity contribution in [3.63, 3.8) is 0 Å². The molecule has 0 atom stereocenters. The molecule has 34 heavy (non-hydrogen) atoms. The number of rotatable bonds is 8. The number of hydrogen-bond acceptors (Lipinski definition) is 6. The number of aryl methyl sites for hydroxylation is 1. The maximum absolute atomic E-state index is 13.3. The van der Waals surface area contributed by atoms with Gasteiger partial charge in [-0.05, 0) is 24.2 Å². The summed E-state index contributed by atoms with van der Waals surface area (Å²) in [6.45, 7) is 7.34. The third kappa shape index (κ3) is 5.86. The summed E-state index contributed by atoms with van der Waals surface area (Å²) in [7, 11) is 1.19. The predicted octanol–water partition coefficient (Wildman–Crippen LogP) is 4.60. The van der Waals surface area contributed by atoms with Gasteiger partial charge in [0, 0.05) is 45.1 Å². The lowest BCUT2D eigenvalue weighted by molar-refractivity contribution is -0.143. The highest BCUT2D eigenvalue weighted by molar-refractivity contribution is 6.76. The van der Waals surface area contributed by atoms with Gasteiger partial charge in [0.15, 0.2) is 11.1 Å². The highest BCUT2D eigenvalue weighted by Crippen LogP contribution is 2.30. The number of alkyl halides is 3. The summed E-state index contributed by atoms with van der Waals surface area (Å²) < 4.78 is 53.0. The van der Waals surface area contributed by atoms with Crippen LogP contribution in [0.25, 0.3) is 10.9 Å². The Morgan fingerprint density at radius 2 is 1.91 bits per heavy atom. The second-order valence-corrected chi connectivity index (χ2v) is 14.7. The minimum Gasteiger partial charge on any atom is -0.464 e. The van der Waals surface area contributed by atoms with Gasteiger partial charge in [-0.3, -0.25) is 9.36 Å². The molecule has 0 unspecified atom stereocenters. The average Bonchev–Trinajstić information content (AvgIpc) is 3.14. The molecule has 0 aliphatic carbocycles. The zero-order valence-electron chi connectivity index (χ0n) is 19.6. The summed E-state index contributed by atoms with van der Waals surface area (Å²) in [4.78, 5) is 28.4. The number of pyridine rings is 1. The monoisotopic (exact) mass is 496 g/mol. The molecular formula is C22H27F3N4O4Si. The lowest BCUT2D eigenvalue weighted by Crippen LogP contribution is -2.22. The van der Waals surface area contributed by atoms with Crippen molar-refractivity contribution in [2.45, 2.75) is 38.6 Å². The summed E-state index contributed by atoms with van der Waals surface area (Å²) in [6, 6.07) is 5.96. The molecule has 0 amide bonds. The summed E-state index contributed by atoms with van der Waals surface area (Å²) in [5.41, 5.74) is -1.24. The minimum absolute atomic E-state index is 0.0475. The number of ether oxygens (including phenoxy) is 2. The van der Waals surface area contributed by atoms with Crippen LogP contribution in [-0.2, 0) is 29.4 Å². The van der Waals surface area contributed by atoms with Crippen molar-refractivity contribution in [3.8, 4) is 0 Å². The van der Waals surface area contributed by atoms with E-state index in [0.29, 0.717) is 18.4 Å². The van der Waals surface area contributed by atoms with Crippen LogP contribution in [0.3, 0.4) is 0 Å². The molecule has 1 aromatic carbocycles. The van der Waals surface area contributed by atoms with Crippen LogP contribution in [0.2, 0.25) is 25.7 Å². The molecule has 0 bridgehead atoms. The highest BCUT2D eigenvalue weighted by atomic mass is 28.3. The number of carbonyl (C=O) groups excluding carboxylic acids is 1. The zero-order chi connectivity index (χ0) is 25.3. The van der Waals surface area contributed by atoms with Gasteiger partial charge in [0.05, 0.1) is 12.6 Å². The second-order valence-electron chi connectivity index (χ2n) is 9.07. The number of esters is 1. The molecule has 0 spiro atoms. The number of halogens is 3. The Bertz CT molecular complexity index is 1260. The van der Waals surface area contributed by atoms with Gasteiger partial charge in [0.25, 0.3) is 0 Å². The number of anilines is 2. The number of nitrogens with one attached hydrogen (secondary N) is 1. The molecule has 8 nitrogen and oxygen atoms in total. The average molecular weight is 497 g/mol. The van der Waals surface area contributed by atoms with E-state index in [1.54, 1.807) is 10.6 Å². The van der Waals surface area contributed by atoms with Gasteiger partial charge < -0.3 is 19.4 Å². The molecule has 184 valence electrons. The topological polar surface area (TPSA) is 87.4 Å². The van der Waals surface area contributed by atoms with E-state index >= 15 is 0 Å². The van der Waals surface area contributed by atoms with E-state index in [0.717, 1.165) is 10.6 Å². The molecule has 0 saturated carbocycles. The Morgan fingerprint density at radius 1 is 1.21 bits per heavy atom. The van der Waals surface area contributed by atoms with Crippen molar-refractivity contribution in [2.24, 2.45) is 7.05 Å². The Labute approximate surface area is 195 Å². The van der Waals surface area contributed by atoms with Gasteiger partial charge in [0.1, 0.15) is 12.4 Å². The van der Waals surface area contributed by atoms with Gasteiger partial charge in [-0.2, -0.15) is 13.2 Å². The largest absolute Gasteiger partial charge is 0.464 e. The Balaban J connectivity index is 1.94. The third-order valence-corrected chi connectivity index (χ3v) is 6.90. The molecule has 0 aliphatic rings. The molecule has 2 heterocycles. The predicted molar refractivity (Wildman–Crippen MR) is 125 cm³/mol. The molecule has 0 fully saturated rings. The van der Waals surface area contributed by atoms with Crippen LogP contribution < -0.4 is 10.7 Å². The first-order valence-corrected chi connectivity index (χ1v) is 14.2. The number of hydrogen-bond donors (Lipinski definition) is 1. The zero-order valence-corrected chi connectivity index (χ0v) is 20.6. The highest BCUT2D eigenvalue weighted by Gasteiger charge is 2.34. The van der Waals surface area contributed by atoms with E-state index in [2.05, 4.69) is 29.9 Å². The number of carbonyl (C=O) groups is 1. The first-order valence-electron chi connectivity index (χ1n) is 10.5. The number of imidazole rings is 1. The maximum atomic E-state index is 13.3. The molecule has 3 rings (SSSR count). The van der Waals surface area contributed by atoms with Crippen LogP contribution >= 0.6 is 0 Å². The lowest BCUT2D eigenvalue weighted by atomic mass is 10.1. The number of methoxy groups -OCH3 is 1. The van der Waals surface area contributed by atoms with Gasteiger partial charge in [-0.25, -0.2) is 9.78 Å². The smallest absolute Gasteiger partial charge is 0.431 e. The number of fused-ring (bicyclic) bond motifs is 1. The van der Waals surface area contributed by atoms with E-state index in [-0.39, 0.29) is 29.3 Å². The molecule has 2 aromatic heterocycles. The number of nitrogens with zero attached hydrogens (tertiary/aromatic N) is 3. The summed E-state index contributed by atoms with van der Waals surface area (Å²) >= 11 is 0. The molecule has 1 N–H and O–H groups in total. The van der Waals surface area contributed by atoms with E-state index in [1.807, 2.05) is 0 Å². The molecular weight excluding hydrogens is 469 g/mol. The fourth-order valence-electron chi connectivity index (χ4n) is 3.28. The molecule has 3 aromatic rings. The van der Waals surface area contributed by atoms with Gasteiger partial charge in [-0.1, -0.05) is 19.6 Å². The summed E-state index contributed by atoms with van der Waals surface area (Å²) in [5, 5.41) is 3.15. The lowest BCUT2D eigenvalue weighted by Gasteiger charge is -2.17. The number of aromatic nitrogens is 3. The standard InChI is InChI=1S/C22H27F3N4O4Si/c1-28-17-10-14(6-7-15(17)18(30)11-19(28)22(23,24)25)26-21-27-16(20(31)32-2)12-29(21)13-33-8-9-34(3,4)5/h6-7,10-12H,8-9,13H2,1-5H3,(H,26,27). The molecule has 12 heteroatoms. The van der Waals surface area contributed by atoms with E-state index in [4.69, 9.17) is 9.47 Å². The van der Waals surface area contributed by atoms with Crippen LogP contribution in [-0.4, -0.2) is 41.9 Å². The van der Waals surface area contributed by atoms with Crippen LogP contribution in [0.4, 0.5) is 24.8 Å². The molecule has 0 radical (unpaired) electrons. The van der Waals surface area contributed by atoms with E-state index in [9.17, 15) is 22.8 Å². The van der Waals surface area contributed by atoms with Crippen molar-refractivity contribution in [1.29, 1.82) is 0 Å². The Hall–Kier alpha value is -3.12. The van der Waals surface area contributed by atoms with Crippen LogP contribution in [0.15, 0.2) is 35.3 Å². The van der Waals surface area contributed by atoms with Crippen LogP contribution in [0, 0.1) is 0 Å². The second kappa shape index (κ2) is 9.62. The van der Waals surface area contributed by atoms with Crippen LogP contribution in [0.1, 0.15) is 16.2 Å². The van der Waals surface area contributed by atoms with Crippen molar-refractivity contribution in [1.82, 2.24) is 14.1 Å². The fraction of sp³-hybridized carbons (Fsp3) is 0.409. The maximum Gasteiger partial charge on any atom is 0.431 e. The minimum atomic E-state index is -4.68. The first-order chi connectivity index (χ1) is 15.8. The number of benzene rings is 1. The summed E-state index contributed by atoms with van der Waals surface area (Å²) in [6.07, 6.45) is -3.20.